The summed E-state index contributed by atoms with van der Waals surface area (Å²) in [5, 5.41) is 35.0. The summed E-state index contributed by atoms with van der Waals surface area (Å²) in [4.78, 5) is 30.2. The molecular formula is C23H28NO8P. The van der Waals surface area contributed by atoms with E-state index in [1.165, 1.54) is 0 Å². The predicted molar refractivity (Wildman–Crippen MR) is 123 cm³/mol. The third kappa shape index (κ3) is 6.85. The summed E-state index contributed by atoms with van der Waals surface area (Å²) in [6.45, 7) is 0. The highest BCUT2D eigenvalue weighted by Gasteiger charge is 2.44. The van der Waals surface area contributed by atoms with Crippen LogP contribution in [-0.2, 0) is 9.53 Å². The Hall–Kier alpha value is -2.28. The number of ether oxygens (including phenoxy) is 2. The van der Waals surface area contributed by atoms with Gasteiger partial charge >= 0.3 is 0 Å². The zero-order valence-electron chi connectivity index (χ0n) is 17.9. The molecule has 0 saturated carbocycles. The number of carbonyl (C=O) groups excluding carboxylic acids is 1. The summed E-state index contributed by atoms with van der Waals surface area (Å²) in [7, 11) is -2.17. The maximum atomic E-state index is 12.0. The van der Waals surface area contributed by atoms with Crippen molar-refractivity contribution < 1.29 is 39.4 Å². The summed E-state index contributed by atoms with van der Waals surface area (Å²) in [6, 6.07) is 10.5. The lowest BCUT2D eigenvalue weighted by atomic mass is 9.97. The molecule has 9 nitrogen and oxygen atoms in total. The van der Waals surface area contributed by atoms with Crippen LogP contribution in [0.5, 0.6) is 5.75 Å². The number of anilines is 1. The van der Waals surface area contributed by atoms with Gasteiger partial charge in [-0.1, -0.05) is 12.1 Å². The molecule has 0 aromatic heterocycles. The molecular weight excluding hydrogens is 449 g/mol. The minimum atomic E-state index is -2.17. The van der Waals surface area contributed by atoms with Crippen molar-refractivity contribution in [2.75, 3.05) is 11.5 Å². The van der Waals surface area contributed by atoms with Crippen LogP contribution < -0.4 is 10.1 Å². The van der Waals surface area contributed by atoms with Crippen LogP contribution >= 0.6 is 8.38 Å². The van der Waals surface area contributed by atoms with Gasteiger partial charge in [0.2, 0.25) is 12.2 Å². The van der Waals surface area contributed by atoms with Crippen molar-refractivity contribution in [2.45, 2.75) is 56.4 Å². The van der Waals surface area contributed by atoms with Gasteiger partial charge in [-0.3, -0.25) is 4.79 Å². The van der Waals surface area contributed by atoms with Gasteiger partial charge in [0.1, 0.15) is 24.1 Å². The highest BCUT2D eigenvalue weighted by Crippen LogP contribution is 2.31. The first-order valence-electron chi connectivity index (χ1n) is 10.6. The molecule has 1 fully saturated rings. The van der Waals surface area contributed by atoms with Crippen LogP contribution in [0.25, 0.3) is 10.8 Å². The highest BCUT2D eigenvalue weighted by molar-refractivity contribution is 7.45. The van der Waals surface area contributed by atoms with Crippen LogP contribution in [0, 0.1) is 12.3 Å². The van der Waals surface area contributed by atoms with Crippen LogP contribution in [0.1, 0.15) is 25.7 Å². The van der Waals surface area contributed by atoms with E-state index in [9.17, 15) is 20.1 Å². The number of carbonyl (C=O) groups is 1. The van der Waals surface area contributed by atoms with Gasteiger partial charge < -0.3 is 39.9 Å². The van der Waals surface area contributed by atoms with Crippen LogP contribution in [0.3, 0.4) is 0 Å². The first-order chi connectivity index (χ1) is 15.8. The normalized spacial score (nSPS) is 25.1. The molecule has 1 heterocycles. The average molecular weight is 477 g/mol. The first kappa shape index (κ1) is 25.3. The van der Waals surface area contributed by atoms with Gasteiger partial charge in [0.25, 0.3) is 0 Å². The summed E-state index contributed by atoms with van der Waals surface area (Å²) >= 11 is 0. The fourth-order valence-corrected chi connectivity index (χ4v) is 4.06. The lowest BCUT2D eigenvalue weighted by Gasteiger charge is -2.40. The Kier molecular flexibility index (Phi) is 9.01. The Morgan fingerprint density at radius 1 is 1.09 bits per heavy atom. The Morgan fingerprint density at radius 3 is 2.55 bits per heavy atom. The van der Waals surface area contributed by atoms with Crippen molar-refractivity contribution in [1.29, 1.82) is 0 Å². The molecule has 33 heavy (non-hydrogen) atoms. The maximum Gasteiger partial charge on any atom is 0.229 e. The molecule has 0 spiro atoms. The van der Waals surface area contributed by atoms with Gasteiger partial charge in [0, 0.05) is 24.7 Å². The van der Waals surface area contributed by atoms with Gasteiger partial charge in [-0.2, -0.15) is 0 Å². The number of amides is 1. The molecule has 6 N–H and O–H groups in total. The van der Waals surface area contributed by atoms with E-state index in [1.54, 1.807) is 24.3 Å². The van der Waals surface area contributed by atoms with E-state index in [-0.39, 0.29) is 18.5 Å². The Morgan fingerprint density at radius 2 is 1.82 bits per heavy atom. The molecule has 2 aromatic carbocycles. The van der Waals surface area contributed by atoms with Crippen molar-refractivity contribution in [3.8, 4) is 18.1 Å². The smallest absolute Gasteiger partial charge is 0.229 e. The zero-order chi connectivity index (χ0) is 24.0. The average Bonchev–Trinajstić information content (AvgIpc) is 2.78. The molecule has 3 rings (SSSR count). The second-order valence-corrected chi connectivity index (χ2v) is 9.04. The monoisotopic (exact) mass is 477 g/mol. The molecule has 5 atom stereocenters. The molecule has 1 aliphatic heterocycles. The largest absolute Gasteiger partial charge is 0.462 e. The van der Waals surface area contributed by atoms with E-state index < -0.39 is 39.1 Å². The fraction of sp³-hybridized carbons (Fsp3) is 0.435. The second-order valence-electron chi connectivity index (χ2n) is 7.85. The SMILES string of the molecule is C#CCCCC(=O)Nc1ccc2cc(O[C@H]3OC(CCP(O)O)[C@@H](O)C(O)C3O)ccc2c1. The summed E-state index contributed by atoms with van der Waals surface area (Å²) < 4.78 is 11.3. The lowest BCUT2D eigenvalue weighted by molar-refractivity contribution is -0.272. The van der Waals surface area contributed by atoms with E-state index in [4.69, 9.17) is 25.7 Å². The van der Waals surface area contributed by atoms with E-state index in [0.717, 1.165) is 10.8 Å². The minimum absolute atomic E-state index is 0.00858. The third-order valence-corrected chi connectivity index (χ3v) is 6.01. The van der Waals surface area contributed by atoms with Crippen molar-refractivity contribution in [2.24, 2.45) is 0 Å². The number of nitrogens with one attached hydrogen (secondary N) is 1. The summed E-state index contributed by atoms with van der Waals surface area (Å²) in [5.41, 5.74) is 0.653. The molecule has 178 valence electrons. The van der Waals surface area contributed by atoms with Crippen LogP contribution in [0.15, 0.2) is 36.4 Å². The predicted octanol–water partition coefficient (Wildman–Crippen LogP) is 1.45. The number of aliphatic hydroxyl groups is 3. The standard InChI is InChI=1S/C23H28NO8P/c1-2-3-4-5-19(25)24-16-8-6-15-13-17(9-7-14(15)12-16)31-23-22(28)21(27)20(26)18(32-23)10-11-33(29)30/h1,6-9,12-13,18,20-23,26-30H,3-5,10-11H2,(H,24,25)/t18?,20-,21?,22?,23+/m1/s1. The molecule has 0 radical (unpaired) electrons. The summed E-state index contributed by atoms with van der Waals surface area (Å²) in [6.07, 6.45) is 0.223. The number of benzene rings is 2. The van der Waals surface area contributed by atoms with Crippen molar-refractivity contribution >= 4 is 30.7 Å². The number of aliphatic hydroxyl groups excluding tert-OH is 3. The van der Waals surface area contributed by atoms with Crippen LogP contribution in [0.4, 0.5) is 5.69 Å². The Labute approximate surface area is 192 Å². The molecule has 1 aliphatic rings. The molecule has 2 aromatic rings. The quantitative estimate of drug-likeness (QED) is 0.181. The number of unbranched alkanes of at least 4 members (excludes halogenated alkanes) is 1. The van der Waals surface area contributed by atoms with E-state index in [2.05, 4.69) is 11.2 Å². The molecule has 10 heteroatoms. The maximum absolute atomic E-state index is 12.0. The number of hydrogen-bond acceptors (Lipinski definition) is 8. The zero-order valence-corrected chi connectivity index (χ0v) is 18.8. The van der Waals surface area contributed by atoms with Crippen molar-refractivity contribution in [3.63, 3.8) is 0 Å². The van der Waals surface area contributed by atoms with Gasteiger partial charge in [0.15, 0.2) is 8.38 Å². The fourth-order valence-electron chi connectivity index (χ4n) is 3.58. The van der Waals surface area contributed by atoms with Gasteiger partial charge in [0.05, 0.1) is 6.10 Å². The van der Waals surface area contributed by atoms with E-state index in [1.807, 2.05) is 12.1 Å². The Balaban J connectivity index is 1.67. The van der Waals surface area contributed by atoms with Crippen molar-refractivity contribution in [3.05, 3.63) is 36.4 Å². The molecule has 0 bridgehead atoms. The summed E-state index contributed by atoms with van der Waals surface area (Å²) in [5.74, 6) is 2.76. The lowest BCUT2D eigenvalue weighted by Crippen LogP contribution is -2.59. The van der Waals surface area contributed by atoms with Crippen molar-refractivity contribution in [1.82, 2.24) is 0 Å². The topological polar surface area (TPSA) is 149 Å². The number of fused-ring (bicyclic) bond motifs is 1. The second kappa shape index (κ2) is 11.7. The molecule has 1 amide bonds. The van der Waals surface area contributed by atoms with Gasteiger partial charge in [-0.15, -0.1) is 12.3 Å². The molecule has 0 aliphatic carbocycles. The third-order valence-electron chi connectivity index (χ3n) is 5.35. The first-order valence-corrected chi connectivity index (χ1v) is 12.0. The van der Waals surface area contributed by atoms with Gasteiger partial charge in [-0.05, 0) is 47.9 Å². The van der Waals surface area contributed by atoms with E-state index in [0.29, 0.717) is 30.7 Å². The van der Waals surface area contributed by atoms with Crippen LogP contribution in [-0.4, -0.2) is 67.9 Å². The van der Waals surface area contributed by atoms with Crippen LogP contribution in [0.2, 0.25) is 0 Å². The molecule has 3 unspecified atom stereocenters. The number of rotatable bonds is 9. The van der Waals surface area contributed by atoms with Gasteiger partial charge in [-0.25, -0.2) is 0 Å². The number of terminal acetylenes is 1. The minimum Gasteiger partial charge on any atom is -0.462 e. The highest BCUT2D eigenvalue weighted by atomic mass is 31.2. The number of hydrogen-bond donors (Lipinski definition) is 6. The molecule has 1 saturated heterocycles. The van der Waals surface area contributed by atoms with E-state index >= 15 is 0 Å². The Bertz CT molecular complexity index is 994.